The molecule has 0 radical (unpaired) electrons. The molecule has 0 spiro atoms. The van der Waals surface area contributed by atoms with Gasteiger partial charge < -0.3 is 14.5 Å². The largest absolute Gasteiger partial charge is 0.478 e. The number of nitrogens with one attached hydrogen (secondary N) is 1. The first kappa shape index (κ1) is 11.3. The van der Waals surface area contributed by atoms with Gasteiger partial charge in [0.1, 0.15) is 0 Å². The van der Waals surface area contributed by atoms with Gasteiger partial charge in [-0.05, 0) is 24.3 Å². The summed E-state index contributed by atoms with van der Waals surface area (Å²) in [6.45, 7) is 0. The Bertz CT molecular complexity index is 700. The molecule has 0 bridgehead atoms. The van der Waals surface area contributed by atoms with Gasteiger partial charge in [0, 0.05) is 29.2 Å². The van der Waals surface area contributed by atoms with Crippen molar-refractivity contribution in [2.45, 2.75) is 0 Å². The van der Waals surface area contributed by atoms with Gasteiger partial charge in [-0.2, -0.15) is 0 Å². The summed E-state index contributed by atoms with van der Waals surface area (Å²) in [7, 11) is 0. The second kappa shape index (κ2) is 4.45. The molecule has 0 fully saturated rings. The Morgan fingerprint density at radius 2 is 2.00 bits per heavy atom. The van der Waals surface area contributed by atoms with Gasteiger partial charge in [0.05, 0.1) is 23.8 Å². The van der Waals surface area contributed by atoms with Gasteiger partial charge in [-0.3, -0.25) is 4.98 Å². The monoisotopic (exact) mass is 254 g/mol. The summed E-state index contributed by atoms with van der Waals surface area (Å²) in [6, 6.07) is 6.96. The summed E-state index contributed by atoms with van der Waals surface area (Å²) in [5.41, 5.74) is 3.07. The molecule has 3 heterocycles. The highest BCUT2D eigenvalue weighted by Crippen LogP contribution is 2.29. The van der Waals surface area contributed by atoms with Crippen molar-refractivity contribution in [3.05, 3.63) is 54.7 Å². The quantitative estimate of drug-likeness (QED) is 0.752. The van der Waals surface area contributed by atoms with Gasteiger partial charge in [-0.1, -0.05) is 0 Å². The molecule has 3 aromatic rings. The summed E-state index contributed by atoms with van der Waals surface area (Å²) in [6.07, 6.45) is 6.34. The molecule has 5 heteroatoms. The molecule has 0 aromatic carbocycles. The van der Waals surface area contributed by atoms with Crippen LogP contribution >= 0.6 is 0 Å². The average molecular weight is 254 g/mol. The van der Waals surface area contributed by atoms with Crippen LogP contribution in [0.3, 0.4) is 0 Å². The zero-order valence-electron chi connectivity index (χ0n) is 9.83. The van der Waals surface area contributed by atoms with Crippen LogP contribution in [0.4, 0.5) is 0 Å². The van der Waals surface area contributed by atoms with Crippen LogP contribution < -0.4 is 0 Å². The van der Waals surface area contributed by atoms with E-state index in [0.29, 0.717) is 11.3 Å². The van der Waals surface area contributed by atoms with Crippen molar-refractivity contribution >= 4 is 5.97 Å². The zero-order chi connectivity index (χ0) is 13.2. The molecule has 19 heavy (non-hydrogen) atoms. The first-order chi connectivity index (χ1) is 9.25. The lowest BCUT2D eigenvalue weighted by atomic mass is 10.1. The van der Waals surface area contributed by atoms with E-state index in [-0.39, 0.29) is 5.56 Å². The molecule has 0 atom stereocenters. The van der Waals surface area contributed by atoms with Gasteiger partial charge in [-0.15, -0.1) is 0 Å². The van der Waals surface area contributed by atoms with E-state index in [1.165, 1.54) is 12.5 Å². The number of nitrogens with zero attached hydrogens (tertiary/aromatic N) is 1. The third-order valence-electron chi connectivity index (χ3n) is 2.85. The molecular formula is C14H10N2O3. The summed E-state index contributed by atoms with van der Waals surface area (Å²) >= 11 is 0. The number of hydrogen-bond acceptors (Lipinski definition) is 3. The smallest absolute Gasteiger partial charge is 0.337 e. The summed E-state index contributed by atoms with van der Waals surface area (Å²) in [5, 5.41) is 9.26. The van der Waals surface area contributed by atoms with E-state index in [1.807, 2.05) is 12.1 Å². The standard InChI is InChI=1S/C14H10N2O3/c17-14(18)11-7-12(9-1-4-15-5-2-9)16-13(11)10-3-6-19-8-10/h1-8,16H,(H,17,18). The molecule has 0 aliphatic carbocycles. The minimum absolute atomic E-state index is 0.216. The normalized spacial score (nSPS) is 10.5. The number of aromatic amines is 1. The van der Waals surface area contributed by atoms with Crippen molar-refractivity contribution in [3.8, 4) is 22.5 Å². The highest BCUT2D eigenvalue weighted by Gasteiger charge is 2.17. The number of pyridine rings is 1. The predicted molar refractivity (Wildman–Crippen MR) is 68.7 cm³/mol. The number of carboxylic acids is 1. The number of carboxylic acid groups (broad SMARTS) is 1. The fourth-order valence-electron chi connectivity index (χ4n) is 1.94. The van der Waals surface area contributed by atoms with Crippen LogP contribution in [0, 0.1) is 0 Å². The SMILES string of the molecule is O=C(O)c1cc(-c2ccncc2)[nH]c1-c1ccoc1. The topological polar surface area (TPSA) is 79.1 Å². The van der Waals surface area contributed by atoms with Crippen LogP contribution in [0.2, 0.25) is 0 Å². The van der Waals surface area contributed by atoms with E-state index in [0.717, 1.165) is 11.3 Å². The van der Waals surface area contributed by atoms with Crippen molar-refractivity contribution < 1.29 is 14.3 Å². The van der Waals surface area contributed by atoms with Crippen LogP contribution in [-0.4, -0.2) is 21.0 Å². The van der Waals surface area contributed by atoms with E-state index in [1.54, 1.807) is 24.5 Å². The molecule has 0 unspecified atom stereocenters. The number of carbonyl (C=O) groups is 1. The number of hydrogen-bond donors (Lipinski definition) is 2. The summed E-state index contributed by atoms with van der Waals surface area (Å²) in [4.78, 5) is 18.4. The highest BCUT2D eigenvalue weighted by atomic mass is 16.4. The van der Waals surface area contributed by atoms with Crippen LogP contribution in [0.25, 0.3) is 22.5 Å². The Balaban J connectivity index is 2.15. The third-order valence-corrected chi connectivity index (χ3v) is 2.85. The van der Waals surface area contributed by atoms with Crippen molar-refractivity contribution in [2.24, 2.45) is 0 Å². The van der Waals surface area contributed by atoms with Crippen LogP contribution in [-0.2, 0) is 0 Å². The third kappa shape index (κ3) is 2.01. The Morgan fingerprint density at radius 3 is 2.63 bits per heavy atom. The number of H-pyrrole nitrogens is 1. The van der Waals surface area contributed by atoms with Crippen LogP contribution in [0.1, 0.15) is 10.4 Å². The molecule has 94 valence electrons. The molecule has 3 rings (SSSR count). The second-order valence-electron chi connectivity index (χ2n) is 4.02. The molecule has 0 saturated carbocycles. The molecule has 0 saturated heterocycles. The van der Waals surface area contributed by atoms with Crippen molar-refractivity contribution in [1.29, 1.82) is 0 Å². The molecule has 0 aliphatic heterocycles. The van der Waals surface area contributed by atoms with E-state index in [2.05, 4.69) is 9.97 Å². The Morgan fingerprint density at radius 1 is 1.21 bits per heavy atom. The lowest BCUT2D eigenvalue weighted by molar-refractivity contribution is 0.0698. The van der Waals surface area contributed by atoms with Gasteiger partial charge in [0.25, 0.3) is 0 Å². The van der Waals surface area contributed by atoms with E-state index < -0.39 is 5.97 Å². The molecule has 0 aliphatic rings. The number of aromatic nitrogens is 2. The Labute approximate surface area is 108 Å². The van der Waals surface area contributed by atoms with Crippen molar-refractivity contribution in [2.75, 3.05) is 0 Å². The molecule has 0 amide bonds. The van der Waals surface area contributed by atoms with Gasteiger partial charge in [0.2, 0.25) is 0 Å². The van der Waals surface area contributed by atoms with Crippen molar-refractivity contribution in [1.82, 2.24) is 9.97 Å². The fraction of sp³-hybridized carbons (Fsp3) is 0. The predicted octanol–water partition coefficient (Wildman–Crippen LogP) is 3.03. The number of aromatic carboxylic acids is 1. The summed E-state index contributed by atoms with van der Waals surface area (Å²) in [5.74, 6) is -0.979. The molecule has 5 nitrogen and oxygen atoms in total. The second-order valence-corrected chi connectivity index (χ2v) is 4.02. The van der Waals surface area contributed by atoms with Crippen molar-refractivity contribution in [3.63, 3.8) is 0 Å². The van der Waals surface area contributed by atoms with Gasteiger partial charge in [-0.25, -0.2) is 4.79 Å². The van der Waals surface area contributed by atoms with Crippen LogP contribution in [0.15, 0.2) is 53.6 Å². The maximum atomic E-state index is 11.3. The van der Waals surface area contributed by atoms with E-state index in [9.17, 15) is 9.90 Å². The zero-order valence-corrected chi connectivity index (χ0v) is 9.83. The van der Waals surface area contributed by atoms with Crippen LogP contribution in [0.5, 0.6) is 0 Å². The maximum Gasteiger partial charge on any atom is 0.337 e. The Kier molecular flexibility index (Phi) is 2.64. The minimum atomic E-state index is -0.979. The first-order valence-corrected chi connectivity index (χ1v) is 5.65. The fourth-order valence-corrected chi connectivity index (χ4v) is 1.94. The average Bonchev–Trinajstić information content (AvgIpc) is 3.08. The van der Waals surface area contributed by atoms with Gasteiger partial charge >= 0.3 is 5.97 Å². The minimum Gasteiger partial charge on any atom is -0.478 e. The lowest BCUT2D eigenvalue weighted by Crippen LogP contribution is -1.95. The maximum absolute atomic E-state index is 11.3. The molecule has 3 aromatic heterocycles. The lowest BCUT2D eigenvalue weighted by Gasteiger charge is -1.96. The number of rotatable bonds is 3. The summed E-state index contributed by atoms with van der Waals surface area (Å²) < 4.78 is 5.00. The Hall–Kier alpha value is -2.82. The highest BCUT2D eigenvalue weighted by molar-refractivity contribution is 5.97. The molecule has 2 N–H and O–H groups in total. The van der Waals surface area contributed by atoms with E-state index in [4.69, 9.17) is 4.42 Å². The van der Waals surface area contributed by atoms with E-state index >= 15 is 0 Å². The van der Waals surface area contributed by atoms with Gasteiger partial charge in [0.15, 0.2) is 0 Å². The molecular weight excluding hydrogens is 244 g/mol. The first-order valence-electron chi connectivity index (χ1n) is 5.65. The number of furan rings is 1.